The fourth-order valence-electron chi connectivity index (χ4n) is 1.52. The fourth-order valence-corrected chi connectivity index (χ4v) is 2.14. The third kappa shape index (κ3) is 3.41. The van der Waals surface area contributed by atoms with Crippen LogP contribution in [0.3, 0.4) is 0 Å². The summed E-state index contributed by atoms with van der Waals surface area (Å²) in [6.45, 7) is 0.310. The predicted octanol–water partition coefficient (Wildman–Crippen LogP) is 1.66. The highest BCUT2D eigenvalue weighted by Crippen LogP contribution is 2.16. The van der Waals surface area contributed by atoms with Gasteiger partial charge in [0.05, 0.1) is 5.69 Å². The Labute approximate surface area is 112 Å². The maximum absolute atomic E-state index is 12.9. The van der Waals surface area contributed by atoms with Gasteiger partial charge in [-0.25, -0.2) is 4.39 Å². The molecule has 0 atom stereocenters. The van der Waals surface area contributed by atoms with Crippen LogP contribution >= 0.6 is 11.3 Å². The Kier molecular flexibility index (Phi) is 3.96. The van der Waals surface area contributed by atoms with Gasteiger partial charge >= 0.3 is 4.87 Å². The Bertz CT molecular complexity index is 650. The zero-order valence-corrected chi connectivity index (χ0v) is 10.7. The molecular weight excluding hydrogens is 269 g/mol. The highest BCUT2D eigenvalue weighted by atomic mass is 32.1. The van der Waals surface area contributed by atoms with Gasteiger partial charge in [0.2, 0.25) is 5.91 Å². The quantitative estimate of drug-likeness (QED) is 0.837. The van der Waals surface area contributed by atoms with E-state index in [0.717, 1.165) is 11.3 Å². The van der Waals surface area contributed by atoms with Gasteiger partial charge in [0.15, 0.2) is 0 Å². The summed E-state index contributed by atoms with van der Waals surface area (Å²) < 4.78 is 14.4. The van der Waals surface area contributed by atoms with Crippen LogP contribution in [0.1, 0.15) is 6.42 Å². The first-order valence-electron chi connectivity index (χ1n) is 5.55. The van der Waals surface area contributed by atoms with E-state index in [-0.39, 0.29) is 22.9 Å². The van der Waals surface area contributed by atoms with E-state index in [1.807, 2.05) is 0 Å². The highest BCUT2D eigenvalue weighted by Gasteiger charge is 2.06. The Morgan fingerprint density at radius 2 is 2.26 bits per heavy atom. The van der Waals surface area contributed by atoms with E-state index in [0.29, 0.717) is 12.2 Å². The summed E-state index contributed by atoms with van der Waals surface area (Å²) in [6.07, 6.45) is 1.80. The number of nitrogens with zero attached hydrogens (tertiary/aromatic N) is 1. The van der Waals surface area contributed by atoms with Crippen molar-refractivity contribution in [2.24, 2.45) is 0 Å². The van der Waals surface area contributed by atoms with Crippen molar-refractivity contribution in [2.45, 2.75) is 13.0 Å². The lowest BCUT2D eigenvalue weighted by atomic mass is 10.2. The van der Waals surface area contributed by atoms with E-state index in [9.17, 15) is 14.0 Å². The average Bonchev–Trinajstić information content (AvgIpc) is 2.77. The second-order valence-corrected chi connectivity index (χ2v) is 4.75. The van der Waals surface area contributed by atoms with Crippen molar-refractivity contribution >= 4 is 28.6 Å². The average molecular weight is 281 g/mol. The molecule has 0 fully saturated rings. The van der Waals surface area contributed by atoms with Gasteiger partial charge in [-0.05, 0) is 18.2 Å². The van der Waals surface area contributed by atoms with Crippen molar-refractivity contribution < 1.29 is 9.18 Å². The summed E-state index contributed by atoms with van der Waals surface area (Å²) in [5.41, 5.74) is 5.81. The number of anilines is 2. The van der Waals surface area contributed by atoms with E-state index in [1.165, 1.54) is 22.8 Å². The second-order valence-electron chi connectivity index (χ2n) is 3.90. The van der Waals surface area contributed by atoms with E-state index >= 15 is 0 Å². The number of hydrogen-bond donors (Lipinski definition) is 2. The van der Waals surface area contributed by atoms with Crippen molar-refractivity contribution in [3.8, 4) is 0 Å². The van der Waals surface area contributed by atoms with Gasteiger partial charge in [0.1, 0.15) is 5.82 Å². The standard InChI is InChI=1S/C12H12FN3O2S/c13-9-2-1-8(7-10(9)14)15-11(17)3-4-16-5-6-19-12(16)18/h1-2,5-7H,3-4,14H2,(H,15,17). The molecular formula is C12H12FN3O2S. The molecule has 0 radical (unpaired) electrons. The number of halogens is 1. The van der Waals surface area contributed by atoms with Crippen molar-refractivity contribution in [1.29, 1.82) is 0 Å². The number of thiazole rings is 1. The van der Waals surface area contributed by atoms with Crippen LogP contribution in [-0.2, 0) is 11.3 Å². The molecule has 0 aliphatic carbocycles. The number of carbonyl (C=O) groups excluding carboxylic acids is 1. The molecule has 0 unspecified atom stereocenters. The topological polar surface area (TPSA) is 77.1 Å². The number of nitrogen functional groups attached to an aromatic ring is 1. The number of hydrogen-bond acceptors (Lipinski definition) is 4. The van der Waals surface area contributed by atoms with E-state index in [4.69, 9.17) is 5.73 Å². The summed E-state index contributed by atoms with van der Waals surface area (Å²) >= 11 is 1.08. The summed E-state index contributed by atoms with van der Waals surface area (Å²) in [4.78, 5) is 22.8. The Morgan fingerprint density at radius 3 is 2.89 bits per heavy atom. The molecule has 0 aliphatic rings. The van der Waals surface area contributed by atoms with Gasteiger partial charge in [0, 0.05) is 30.2 Å². The number of rotatable bonds is 4. The van der Waals surface area contributed by atoms with Crippen LogP contribution in [0.5, 0.6) is 0 Å². The Morgan fingerprint density at radius 1 is 1.47 bits per heavy atom. The molecule has 0 saturated heterocycles. The third-order valence-corrected chi connectivity index (χ3v) is 3.20. The van der Waals surface area contributed by atoms with Crippen molar-refractivity contribution in [1.82, 2.24) is 4.57 Å². The maximum Gasteiger partial charge on any atom is 0.307 e. The molecule has 2 aromatic rings. The molecule has 3 N–H and O–H groups in total. The SMILES string of the molecule is Nc1cc(NC(=O)CCn2ccsc2=O)ccc1F. The van der Waals surface area contributed by atoms with E-state index in [2.05, 4.69) is 5.32 Å². The molecule has 100 valence electrons. The van der Waals surface area contributed by atoms with Crippen LogP contribution in [-0.4, -0.2) is 10.5 Å². The number of aryl methyl sites for hydroxylation is 1. The first-order chi connectivity index (χ1) is 9.06. The maximum atomic E-state index is 12.9. The molecule has 19 heavy (non-hydrogen) atoms. The van der Waals surface area contributed by atoms with Crippen LogP contribution in [0, 0.1) is 5.82 Å². The lowest BCUT2D eigenvalue weighted by Gasteiger charge is -2.06. The number of carbonyl (C=O) groups is 1. The molecule has 0 aliphatic heterocycles. The van der Waals surface area contributed by atoms with Gasteiger partial charge in [-0.1, -0.05) is 11.3 Å². The molecule has 1 aromatic carbocycles. The molecule has 0 spiro atoms. The van der Waals surface area contributed by atoms with Gasteiger partial charge in [-0.3, -0.25) is 9.59 Å². The second kappa shape index (κ2) is 5.66. The summed E-state index contributed by atoms with van der Waals surface area (Å²) in [7, 11) is 0. The largest absolute Gasteiger partial charge is 0.396 e. The number of nitrogens with two attached hydrogens (primary N) is 1. The molecule has 1 heterocycles. The minimum absolute atomic E-state index is 0.0214. The van der Waals surface area contributed by atoms with Gasteiger partial charge in [0.25, 0.3) is 0 Å². The molecule has 0 saturated carbocycles. The summed E-state index contributed by atoms with van der Waals surface area (Å²) in [6, 6.07) is 3.97. The minimum atomic E-state index is -0.525. The summed E-state index contributed by atoms with van der Waals surface area (Å²) in [5.74, 6) is -0.785. The molecule has 7 heteroatoms. The van der Waals surface area contributed by atoms with Crippen LogP contribution < -0.4 is 15.9 Å². The zero-order chi connectivity index (χ0) is 13.8. The molecule has 5 nitrogen and oxygen atoms in total. The Hall–Kier alpha value is -2.15. The lowest BCUT2D eigenvalue weighted by Crippen LogP contribution is -2.18. The molecule has 1 amide bonds. The van der Waals surface area contributed by atoms with Crippen LogP contribution in [0.15, 0.2) is 34.6 Å². The normalized spacial score (nSPS) is 10.4. The van der Waals surface area contributed by atoms with Gasteiger partial charge in [-0.2, -0.15) is 0 Å². The van der Waals surface area contributed by atoms with E-state index < -0.39 is 5.82 Å². The van der Waals surface area contributed by atoms with E-state index in [1.54, 1.807) is 11.6 Å². The zero-order valence-electron chi connectivity index (χ0n) is 9.93. The van der Waals surface area contributed by atoms with Crippen molar-refractivity contribution in [2.75, 3.05) is 11.1 Å². The third-order valence-electron chi connectivity index (χ3n) is 2.50. The van der Waals surface area contributed by atoms with Crippen molar-refractivity contribution in [3.05, 3.63) is 45.3 Å². The van der Waals surface area contributed by atoms with Crippen LogP contribution in [0.4, 0.5) is 15.8 Å². The molecule has 1 aromatic heterocycles. The Balaban J connectivity index is 1.92. The fraction of sp³-hybridized carbons (Fsp3) is 0.167. The van der Waals surface area contributed by atoms with Crippen molar-refractivity contribution in [3.63, 3.8) is 0 Å². The number of aromatic nitrogens is 1. The predicted molar refractivity (Wildman–Crippen MR) is 72.6 cm³/mol. The van der Waals surface area contributed by atoms with Crippen LogP contribution in [0.2, 0.25) is 0 Å². The summed E-state index contributed by atoms with van der Waals surface area (Å²) in [5, 5.41) is 4.26. The molecule has 0 bridgehead atoms. The number of nitrogens with one attached hydrogen (secondary N) is 1. The van der Waals surface area contributed by atoms with Crippen LogP contribution in [0.25, 0.3) is 0 Å². The van der Waals surface area contributed by atoms with Gasteiger partial charge < -0.3 is 15.6 Å². The number of benzene rings is 1. The smallest absolute Gasteiger partial charge is 0.307 e. The lowest BCUT2D eigenvalue weighted by molar-refractivity contribution is -0.116. The monoisotopic (exact) mass is 281 g/mol. The van der Waals surface area contributed by atoms with Gasteiger partial charge in [-0.15, -0.1) is 0 Å². The minimum Gasteiger partial charge on any atom is -0.396 e. The highest BCUT2D eigenvalue weighted by molar-refractivity contribution is 7.07. The first kappa shape index (κ1) is 13.3. The number of amides is 1. The molecule has 2 rings (SSSR count). The first-order valence-corrected chi connectivity index (χ1v) is 6.43.